The lowest BCUT2D eigenvalue weighted by Crippen LogP contribution is -2.25. The number of hydrogen-bond acceptors (Lipinski definition) is 4. The number of aromatic nitrogens is 1. The van der Waals surface area contributed by atoms with Gasteiger partial charge in [-0.25, -0.2) is 4.79 Å². The van der Waals surface area contributed by atoms with E-state index in [-0.39, 0.29) is 5.97 Å². The van der Waals surface area contributed by atoms with Crippen molar-refractivity contribution in [3.8, 4) is 5.75 Å². The molecule has 4 heteroatoms. The van der Waals surface area contributed by atoms with Gasteiger partial charge in [-0.15, -0.1) is 0 Å². The van der Waals surface area contributed by atoms with Gasteiger partial charge in [0.25, 0.3) is 0 Å². The summed E-state index contributed by atoms with van der Waals surface area (Å²) in [5.74, 6) is 0.258. The molecule has 0 spiro atoms. The van der Waals surface area contributed by atoms with Crippen LogP contribution in [0.3, 0.4) is 0 Å². The van der Waals surface area contributed by atoms with Crippen molar-refractivity contribution in [2.24, 2.45) is 0 Å². The van der Waals surface area contributed by atoms with E-state index in [1.165, 1.54) is 7.11 Å². The van der Waals surface area contributed by atoms with Gasteiger partial charge < -0.3 is 9.47 Å². The molecule has 0 amide bonds. The summed E-state index contributed by atoms with van der Waals surface area (Å²) in [6.45, 7) is 5.58. The van der Waals surface area contributed by atoms with Gasteiger partial charge >= 0.3 is 5.97 Å². The van der Waals surface area contributed by atoms with Crippen molar-refractivity contribution in [2.45, 2.75) is 33.3 Å². The summed E-state index contributed by atoms with van der Waals surface area (Å²) in [4.78, 5) is 15.6. The summed E-state index contributed by atoms with van der Waals surface area (Å²) in [6, 6.07) is 3.69. The predicted molar refractivity (Wildman–Crippen MR) is 60.5 cm³/mol. The Bertz CT molecular complexity index is 377. The van der Waals surface area contributed by atoms with Gasteiger partial charge in [0.05, 0.1) is 12.8 Å². The zero-order chi connectivity index (χ0) is 12.1. The highest BCUT2D eigenvalue weighted by atomic mass is 16.6. The van der Waals surface area contributed by atoms with E-state index in [2.05, 4.69) is 9.72 Å². The lowest BCUT2D eigenvalue weighted by molar-refractivity contribution is -0.147. The molecule has 0 saturated carbocycles. The van der Waals surface area contributed by atoms with Gasteiger partial charge in [0.15, 0.2) is 6.10 Å². The van der Waals surface area contributed by atoms with Crippen LogP contribution in [0.1, 0.15) is 25.2 Å². The number of pyridine rings is 1. The molecule has 1 heterocycles. The molecule has 0 aliphatic heterocycles. The average molecular weight is 223 g/mol. The summed E-state index contributed by atoms with van der Waals surface area (Å²) < 4.78 is 10.1. The molecule has 0 radical (unpaired) electrons. The molecular weight excluding hydrogens is 206 g/mol. The highest BCUT2D eigenvalue weighted by Crippen LogP contribution is 2.19. The van der Waals surface area contributed by atoms with Crippen LogP contribution in [-0.2, 0) is 16.0 Å². The normalized spacial score (nSPS) is 12.0. The number of hydrogen-bond donors (Lipinski definition) is 0. The SMILES string of the molecule is CCc1nc(C)ccc1O[C@@H](C)C(=O)OC. The highest BCUT2D eigenvalue weighted by Gasteiger charge is 2.16. The minimum Gasteiger partial charge on any atom is -0.477 e. The van der Waals surface area contributed by atoms with Gasteiger partial charge in [0, 0.05) is 5.69 Å². The number of nitrogens with zero attached hydrogens (tertiary/aromatic N) is 1. The second-order valence-electron chi connectivity index (χ2n) is 3.53. The summed E-state index contributed by atoms with van der Waals surface area (Å²) in [5, 5.41) is 0. The maximum absolute atomic E-state index is 11.2. The van der Waals surface area contributed by atoms with Crippen LogP contribution in [0.2, 0.25) is 0 Å². The maximum Gasteiger partial charge on any atom is 0.346 e. The van der Waals surface area contributed by atoms with Crippen molar-refractivity contribution < 1.29 is 14.3 Å². The molecule has 0 aliphatic carbocycles. The van der Waals surface area contributed by atoms with Crippen molar-refractivity contribution in [3.63, 3.8) is 0 Å². The molecule has 1 rings (SSSR count). The topological polar surface area (TPSA) is 48.4 Å². The van der Waals surface area contributed by atoms with Crippen molar-refractivity contribution in [3.05, 3.63) is 23.5 Å². The summed E-state index contributed by atoms with van der Waals surface area (Å²) in [5.41, 5.74) is 1.80. The molecule has 88 valence electrons. The molecule has 0 unspecified atom stereocenters. The van der Waals surface area contributed by atoms with E-state index in [0.29, 0.717) is 5.75 Å². The van der Waals surface area contributed by atoms with E-state index in [4.69, 9.17) is 4.74 Å². The van der Waals surface area contributed by atoms with Gasteiger partial charge in [-0.1, -0.05) is 6.92 Å². The third-order valence-electron chi connectivity index (χ3n) is 2.24. The van der Waals surface area contributed by atoms with Gasteiger partial charge in [-0.3, -0.25) is 4.98 Å². The third kappa shape index (κ3) is 2.95. The van der Waals surface area contributed by atoms with E-state index in [0.717, 1.165) is 17.8 Å². The Kier molecular flexibility index (Phi) is 4.28. The molecule has 0 saturated heterocycles. The fraction of sp³-hybridized carbons (Fsp3) is 0.500. The molecule has 1 aromatic rings. The number of esters is 1. The largest absolute Gasteiger partial charge is 0.477 e. The lowest BCUT2D eigenvalue weighted by Gasteiger charge is -2.14. The van der Waals surface area contributed by atoms with Crippen LogP contribution >= 0.6 is 0 Å². The Morgan fingerprint density at radius 2 is 2.19 bits per heavy atom. The van der Waals surface area contributed by atoms with Crippen LogP contribution in [0, 0.1) is 6.92 Å². The number of carbonyl (C=O) groups excluding carboxylic acids is 1. The molecule has 0 aliphatic rings. The van der Waals surface area contributed by atoms with Crippen molar-refractivity contribution >= 4 is 5.97 Å². The number of methoxy groups -OCH3 is 1. The first-order chi connectivity index (χ1) is 7.58. The Morgan fingerprint density at radius 3 is 2.75 bits per heavy atom. The molecule has 1 atom stereocenters. The lowest BCUT2D eigenvalue weighted by atomic mass is 10.2. The van der Waals surface area contributed by atoms with Crippen LogP contribution in [0.25, 0.3) is 0 Å². The van der Waals surface area contributed by atoms with Crippen LogP contribution < -0.4 is 4.74 Å². The zero-order valence-electron chi connectivity index (χ0n) is 10.1. The standard InChI is InChI=1S/C12H17NO3/c1-5-10-11(7-6-8(2)13-10)16-9(3)12(14)15-4/h6-7,9H,5H2,1-4H3/t9-/m0/s1. The van der Waals surface area contributed by atoms with E-state index < -0.39 is 6.10 Å². The minimum absolute atomic E-state index is 0.386. The summed E-state index contributed by atoms with van der Waals surface area (Å²) in [7, 11) is 1.34. The van der Waals surface area contributed by atoms with E-state index in [1.807, 2.05) is 26.0 Å². The minimum atomic E-state index is -0.611. The number of carbonyl (C=O) groups is 1. The smallest absolute Gasteiger partial charge is 0.346 e. The number of ether oxygens (including phenoxy) is 2. The molecule has 0 N–H and O–H groups in total. The van der Waals surface area contributed by atoms with Crippen molar-refractivity contribution in [1.82, 2.24) is 4.98 Å². The molecule has 0 bridgehead atoms. The molecule has 0 fully saturated rings. The van der Waals surface area contributed by atoms with E-state index in [9.17, 15) is 4.79 Å². The molecule has 1 aromatic heterocycles. The molecular formula is C12H17NO3. The molecule has 0 aromatic carbocycles. The predicted octanol–water partition coefficient (Wildman–Crippen LogP) is 1.89. The van der Waals surface area contributed by atoms with E-state index in [1.54, 1.807) is 6.92 Å². The summed E-state index contributed by atoms with van der Waals surface area (Å²) in [6.07, 6.45) is 0.157. The Hall–Kier alpha value is -1.58. The van der Waals surface area contributed by atoms with Gasteiger partial charge in [0.1, 0.15) is 5.75 Å². The first-order valence-electron chi connectivity index (χ1n) is 5.29. The molecule has 4 nitrogen and oxygen atoms in total. The Morgan fingerprint density at radius 1 is 1.50 bits per heavy atom. The van der Waals surface area contributed by atoms with Gasteiger partial charge in [0.2, 0.25) is 0 Å². The first kappa shape index (κ1) is 12.5. The number of rotatable bonds is 4. The maximum atomic E-state index is 11.2. The Balaban J connectivity index is 2.84. The average Bonchev–Trinajstić information content (AvgIpc) is 2.30. The van der Waals surface area contributed by atoms with Crippen molar-refractivity contribution in [1.29, 1.82) is 0 Å². The molecule has 16 heavy (non-hydrogen) atoms. The second-order valence-corrected chi connectivity index (χ2v) is 3.53. The van der Waals surface area contributed by atoms with E-state index >= 15 is 0 Å². The highest BCUT2D eigenvalue weighted by molar-refractivity contribution is 5.74. The van der Waals surface area contributed by atoms with Crippen LogP contribution in [0.15, 0.2) is 12.1 Å². The fourth-order valence-corrected chi connectivity index (χ4v) is 1.36. The number of aryl methyl sites for hydroxylation is 2. The van der Waals surface area contributed by atoms with Crippen LogP contribution in [-0.4, -0.2) is 24.2 Å². The fourth-order valence-electron chi connectivity index (χ4n) is 1.36. The third-order valence-corrected chi connectivity index (χ3v) is 2.24. The summed E-state index contributed by atoms with van der Waals surface area (Å²) >= 11 is 0. The van der Waals surface area contributed by atoms with Gasteiger partial charge in [-0.05, 0) is 32.4 Å². The van der Waals surface area contributed by atoms with Crippen molar-refractivity contribution in [2.75, 3.05) is 7.11 Å². The first-order valence-corrected chi connectivity index (χ1v) is 5.29. The van der Waals surface area contributed by atoms with Crippen LogP contribution in [0.5, 0.6) is 5.75 Å². The van der Waals surface area contributed by atoms with Crippen LogP contribution in [0.4, 0.5) is 0 Å². The second kappa shape index (κ2) is 5.49. The zero-order valence-corrected chi connectivity index (χ0v) is 10.1. The Labute approximate surface area is 95.6 Å². The monoisotopic (exact) mass is 223 g/mol. The quantitative estimate of drug-likeness (QED) is 0.731. The van der Waals surface area contributed by atoms with Gasteiger partial charge in [-0.2, -0.15) is 0 Å².